The van der Waals surface area contributed by atoms with E-state index in [4.69, 9.17) is 4.98 Å². The molecular weight excluding hydrogens is 959 g/mol. The van der Waals surface area contributed by atoms with Crippen LogP contribution in [0.5, 0.6) is 0 Å². The number of carbonyl (C=O) groups excluding carboxylic acids is 1. The third-order valence-electron chi connectivity index (χ3n) is 13.5. The quantitative estimate of drug-likeness (QED) is 0.0575. The zero-order chi connectivity index (χ0) is 43.2. The molecule has 2 heterocycles. The van der Waals surface area contributed by atoms with Gasteiger partial charge in [-0.05, 0) is 89.2 Å². The van der Waals surface area contributed by atoms with Gasteiger partial charge in [0.25, 0.3) is 0 Å². The van der Waals surface area contributed by atoms with E-state index in [-0.39, 0.29) is 48.9 Å². The predicted molar refractivity (Wildman–Crippen MR) is 262 cm³/mol. The van der Waals surface area contributed by atoms with Crippen molar-refractivity contribution in [3.8, 4) is 11.3 Å². The number of ketones is 1. The molecule has 0 unspecified atom stereocenters. The summed E-state index contributed by atoms with van der Waals surface area (Å²) in [5.74, 6) is 0.547. The van der Waals surface area contributed by atoms with E-state index in [1.54, 1.807) is 4.50 Å². The molecule has 2 aromatic heterocycles. The summed E-state index contributed by atoms with van der Waals surface area (Å²) in [5, 5.41) is 16.6. The van der Waals surface area contributed by atoms with Gasteiger partial charge < -0.3 is 5.11 Å². The van der Waals surface area contributed by atoms with Crippen molar-refractivity contribution in [3.05, 3.63) is 132 Å². The number of thiophene rings is 1. The second kappa shape index (κ2) is 20.7. The Kier molecular flexibility index (Phi) is 16.4. The summed E-state index contributed by atoms with van der Waals surface area (Å²) >= 11 is 2.03. The van der Waals surface area contributed by atoms with Gasteiger partial charge in [0, 0.05) is 59.1 Å². The molecule has 1 aliphatic rings. The van der Waals surface area contributed by atoms with Crippen LogP contribution < -0.4 is 14.9 Å². The normalized spacial score (nSPS) is 14.9. The van der Waals surface area contributed by atoms with Crippen molar-refractivity contribution in [2.75, 3.05) is 0 Å². The largest absolute Gasteiger partial charge is 0.512 e. The fraction of sp³-hybridized carbons (Fsp3) is 0.418. The van der Waals surface area contributed by atoms with Crippen LogP contribution in [0.2, 0.25) is 5.54 Å². The summed E-state index contributed by atoms with van der Waals surface area (Å²) in [5.41, 5.74) is 6.01. The number of hydrogen-bond donors (Lipinski definition) is 1. The van der Waals surface area contributed by atoms with Gasteiger partial charge >= 0.3 is 0 Å². The van der Waals surface area contributed by atoms with Crippen molar-refractivity contribution in [2.24, 2.45) is 17.3 Å². The molecule has 0 atom stereocenters. The average molecular weight is 1030 g/mol. The molecular formula is C55H68IrNO2SSi-. The van der Waals surface area contributed by atoms with Crippen LogP contribution in [-0.4, -0.2) is 23.9 Å². The van der Waals surface area contributed by atoms with Gasteiger partial charge in [-0.3, -0.25) is 9.78 Å². The number of hydrogen-bond acceptors (Lipinski definition) is 4. The minimum atomic E-state index is -2.44. The fourth-order valence-electron chi connectivity index (χ4n) is 9.79. The standard InChI is InChI=1S/C42H44NSSi.C13H24O2.Ir/c1-29-35-23-26-43-38(31-27-30-15-13-14-20-36(30)37(28-31)41(2,3)4)39(35)44-40(29)45(32-16-9-7-10-17-32,33-18-11-8-12-19-33)34-21-24-42(5,6)25-22-34;1-5-10(6-2)12(14)9-13(15)11(7-3)8-4;/h7-20,23,26,28,34H,21-22,24-25H2,1-6H3;9-11,14H,5-8H2,1-4H3;/q-1;;/b;12-9-;. The van der Waals surface area contributed by atoms with Crippen LogP contribution in [0.3, 0.4) is 0 Å². The monoisotopic (exact) mass is 1030 g/mol. The molecule has 1 N–H and O–H groups in total. The number of fused-ring (bicyclic) bond motifs is 2. The Hall–Kier alpha value is -3.67. The Labute approximate surface area is 385 Å². The van der Waals surface area contributed by atoms with Gasteiger partial charge in [0.15, 0.2) is 13.9 Å². The summed E-state index contributed by atoms with van der Waals surface area (Å²) in [6.07, 6.45) is 12.0. The van der Waals surface area contributed by atoms with Crippen LogP contribution in [0.25, 0.3) is 32.1 Å². The molecule has 1 saturated carbocycles. The predicted octanol–water partition coefficient (Wildman–Crippen LogP) is 13.8. The average Bonchev–Trinajstić information content (AvgIpc) is 3.58. The van der Waals surface area contributed by atoms with Gasteiger partial charge in [-0.2, -0.15) is 0 Å². The zero-order valence-corrected chi connectivity index (χ0v) is 42.5. The number of aryl methyl sites for hydroxylation is 1. The molecule has 325 valence electrons. The number of benzene rings is 4. The fourth-order valence-corrected chi connectivity index (χ4v) is 18.5. The molecule has 0 amide bonds. The Morgan fingerprint density at radius 2 is 1.38 bits per heavy atom. The topological polar surface area (TPSA) is 50.2 Å². The summed E-state index contributed by atoms with van der Waals surface area (Å²) in [6, 6.07) is 40.3. The number of rotatable bonds is 12. The Bertz CT molecular complexity index is 2350. The maximum Gasteiger partial charge on any atom is 0.163 e. The number of aromatic nitrogens is 1. The van der Waals surface area contributed by atoms with Gasteiger partial charge in [0.1, 0.15) is 0 Å². The van der Waals surface area contributed by atoms with Gasteiger partial charge in [-0.15, -0.1) is 40.5 Å². The van der Waals surface area contributed by atoms with Crippen LogP contribution >= 0.6 is 11.3 Å². The minimum absolute atomic E-state index is 0. The summed E-state index contributed by atoms with van der Waals surface area (Å²) in [7, 11) is -2.44. The van der Waals surface area contributed by atoms with E-state index in [2.05, 4.69) is 145 Å². The number of aliphatic hydroxyl groups excluding tert-OH is 1. The number of pyridine rings is 1. The van der Waals surface area contributed by atoms with E-state index in [0.29, 0.717) is 11.0 Å². The van der Waals surface area contributed by atoms with Gasteiger partial charge in [0.05, 0.1) is 5.76 Å². The van der Waals surface area contributed by atoms with Crippen LogP contribution in [0, 0.1) is 30.2 Å². The molecule has 4 aromatic carbocycles. The van der Waals surface area contributed by atoms with Crippen LogP contribution in [0.15, 0.2) is 115 Å². The van der Waals surface area contributed by atoms with Crippen LogP contribution in [0.4, 0.5) is 0 Å². The third-order valence-corrected chi connectivity index (χ3v) is 21.3. The molecule has 1 aliphatic carbocycles. The third kappa shape index (κ3) is 10.3. The number of allylic oxidation sites excluding steroid dienone is 2. The molecule has 1 fully saturated rings. The molecule has 3 nitrogen and oxygen atoms in total. The minimum Gasteiger partial charge on any atom is -0.512 e. The molecule has 61 heavy (non-hydrogen) atoms. The molecule has 6 aromatic rings. The second-order valence-electron chi connectivity index (χ2n) is 19.0. The summed E-state index contributed by atoms with van der Waals surface area (Å²) in [6.45, 7) is 22.3. The molecule has 7 rings (SSSR count). The van der Waals surface area contributed by atoms with Crippen molar-refractivity contribution < 1.29 is 30.0 Å². The smallest absolute Gasteiger partial charge is 0.163 e. The second-order valence-corrected chi connectivity index (χ2v) is 24.4. The summed E-state index contributed by atoms with van der Waals surface area (Å²) < 4.78 is 2.90. The van der Waals surface area contributed by atoms with E-state index in [1.165, 1.54) is 68.7 Å². The van der Waals surface area contributed by atoms with Crippen LogP contribution in [-0.2, 0) is 30.3 Å². The van der Waals surface area contributed by atoms with Crippen LogP contribution in [0.1, 0.15) is 125 Å². The number of nitrogens with zero attached hydrogens (tertiary/aromatic N) is 1. The number of aliphatic hydroxyl groups is 1. The Morgan fingerprint density at radius 1 is 0.836 bits per heavy atom. The SMILES string of the molecule is CCC(CC)C(=O)/C=C(\O)C(CC)CC.Cc1c([Si](c2ccccc2)(c2ccccc2)C2CCC(C)(C)CC2)sc2c(-c3[c-]c4ccccc4c(C(C)(C)C)c3)nccc12.[Ir]. The van der Waals surface area contributed by atoms with Crippen molar-refractivity contribution in [2.45, 2.75) is 132 Å². The van der Waals surface area contributed by atoms with E-state index >= 15 is 0 Å². The van der Waals surface area contributed by atoms with Crippen molar-refractivity contribution in [3.63, 3.8) is 0 Å². The van der Waals surface area contributed by atoms with Crippen molar-refractivity contribution in [1.82, 2.24) is 4.98 Å². The first-order chi connectivity index (χ1) is 28.7. The maximum atomic E-state index is 11.7. The number of carbonyl (C=O) groups is 1. The molecule has 0 bridgehead atoms. The zero-order valence-electron chi connectivity index (χ0n) is 38.3. The van der Waals surface area contributed by atoms with Gasteiger partial charge in [0.2, 0.25) is 0 Å². The molecule has 0 saturated heterocycles. The Morgan fingerprint density at radius 3 is 1.92 bits per heavy atom. The molecule has 1 radical (unpaired) electrons. The van der Waals surface area contributed by atoms with Crippen molar-refractivity contribution in [1.29, 1.82) is 0 Å². The first-order valence-corrected chi connectivity index (χ1v) is 25.5. The van der Waals surface area contributed by atoms with E-state index < -0.39 is 8.07 Å². The van der Waals surface area contributed by atoms with Gasteiger partial charge in [-0.1, -0.05) is 165 Å². The first kappa shape index (κ1) is 48.4. The van der Waals surface area contributed by atoms with E-state index in [1.807, 2.05) is 45.2 Å². The summed E-state index contributed by atoms with van der Waals surface area (Å²) in [4.78, 5) is 16.8. The van der Waals surface area contributed by atoms with Gasteiger partial charge in [-0.25, -0.2) is 0 Å². The van der Waals surface area contributed by atoms with Crippen molar-refractivity contribution >= 4 is 60.9 Å². The molecule has 6 heteroatoms. The van der Waals surface area contributed by atoms with E-state index in [9.17, 15) is 9.90 Å². The molecule has 0 aliphatic heterocycles. The molecule has 0 spiro atoms. The Balaban J connectivity index is 0.000000378. The first-order valence-electron chi connectivity index (χ1n) is 22.6. The maximum absolute atomic E-state index is 11.7. The van der Waals surface area contributed by atoms with E-state index in [0.717, 1.165) is 42.3 Å².